The van der Waals surface area contributed by atoms with Crippen LogP contribution in [0.2, 0.25) is 0 Å². The summed E-state index contributed by atoms with van der Waals surface area (Å²) in [4.78, 5) is 13.3. The van der Waals surface area contributed by atoms with Crippen LogP contribution in [0.15, 0.2) is 11.3 Å². The van der Waals surface area contributed by atoms with Gasteiger partial charge in [-0.15, -0.1) is 0 Å². The summed E-state index contributed by atoms with van der Waals surface area (Å²) in [5, 5.41) is 38.2. The van der Waals surface area contributed by atoms with Crippen LogP contribution in [0.25, 0.3) is 0 Å². The molecule has 0 aromatic carbocycles. The molecule has 1 heterocycles. The fourth-order valence-corrected chi connectivity index (χ4v) is 3.53. The number of likely N-dealkylation sites (tertiary alicyclic amines) is 1. The second kappa shape index (κ2) is 5.06. The molecule has 1 saturated heterocycles. The molecule has 2 rings (SSSR count). The maximum Gasteiger partial charge on any atom is 0.413 e. The average Bonchev–Trinajstić information content (AvgIpc) is 3.00. The minimum atomic E-state index is -1.80. The van der Waals surface area contributed by atoms with Gasteiger partial charge in [0.1, 0.15) is 0 Å². The maximum atomic E-state index is 11.9. The number of hydrogen-bond donors (Lipinski definition) is 0. The lowest BCUT2D eigenvalue weighted by Gasteiger charge is -2.41. The molecule has 1 atom stereocenters. The third-order valence-electron chi connectivity index (χ3n) is 4.56. The fraction of sp³-hybridized carbons (Fsp3) is 0.533. The lowest BCUT2D eigenvalue weighted by molar-refractivity contribution is 0.135. The summed E-state index contributed by atoms with van der Waals surface area (Å²) in [6, 6.07) is 7.59. The van der Waals surface area contributed by atoms with Crippen LogP contribution in [-0.2, 0) is 4.74 Å². The molecule has 0 bridgehead atoms. The molecular formula is C15H13N5O2. The molecular weight excluding hydrogens is 282 g/mol. The minimum absolute atomic E-state index is 0.0412. The number of allylic oxidation sites excluding steroid dienone is 2. The van der Waals surface area contributed by atoms with Crippen LogP contribution in [0.3, 0.4) is 0 Å². The van der Waals surface area contributed by atoms with Crippen molar-refractivity contribution in [1.82, 2.24) is 4.90 Å². The van der Waals surface area contributed by atoms with Gasteiger partial charge in [-0.2, -0.15) is 21.0 Å². The molecule has 0 N–H and O–H groups in total. The summed E-state index contributed by atoms with van der Waals surface area (Å²) in [6.07, 6.45) is -0.267. The molecule has 0 spiro atoms. The number of nitrogens with zero attached hydrogens (tertiary/aromatic N) is 5. The molecule has 1 amide bonds. The van der Waals surface area contributed by atoms with Crippen molar-refractivity contribution in [2.45, 2.75) is 19.8 Å². The Bertz CT molecular complexity index is 697. The molecule has 7 heteroatoms. The molecule has 0 saturated carbocycles. The Morgan fingerprint density at radius 3 is 2.27 bits per heavy atom. The first kappa shape index (κ1) is 15.4. The molecule has 0 aromatic rings. The molecule has 1 aliphatic carbocycles. The lowest BCUT2D eigenvalue weighted by Crippen LogP contribution is -2.48. The lowest BCUT2D eigenvalue weighted by atomic mass is 9.53. The molecule has 0 unspecified atom stereocenters. The summed E-state index contributed by atoms with van der Waals surface area (Å²) < 4.78 is 4.73. The Morgan fingerprint density at radius 1 is 1.23 bits per heavy atom. The Kier molecular flexibility index (Phi) is 3.54. The van der Waals surface area contributed by atoms with E-state index in [2.05, 4.69) is 0 Å². The molecule has 1 aliphatic heterocycles. The van der Waals surface area contributed by atoms with E-state index in [4.69, 9.17) is 4.74 Å². The topological polar surface area (TPSA) is 125 Å². The first-order valence-corrected chi connectivity index (χ1v) is 6.67. The molecule has 7 nitrogen and oxygen atoms in total. The van der Waals surface area contributed by atoms with E-state index in [1.54, 1.807) is 6.92 Å². The smallest absolute Gasteiger partial charge is 0.413 e. The van der Waals surface area contributed by atoms with Crippen molar-refractivity contribution in [2.75, 3.05) is 13.7 Å². The van der Waals surface area contributed by atoms with Gasteiger partial charge < -0.3 is 4.74 Å². The van der Waals surface area contributed by atoms with E-state index in [0.29, 0.717) is 24.2 Å². The highest BCUT2D eigenvalue weighted by Crippen LogP contribution is 2.58. The van der Waals surface area contributed by atoms with Crippen molar-refractivity contribution in [1.29, 1.82) is 21.0 Å². The van der Waals surface area contributed by atoms with Gasteiger partial charge in [-0.1, -0.05) is 5.57 Å². The number of rotatable bonds is 0. The fourth-order valence-electron chi connectivity index (χ4n) is 3.53. The van der Waals surface area contributed by atoms with Crippen molar-refractivity contribution in [3.05, 3.63) is 11.3 Å². The van der Waals surface area contributed by atoms with E-state index in [0.717, 1.165) is 0 Å². The van der Waals surface area contributed by atoms with Crippen LogP contribution in [0.4, 0.5) is 4.79 Å². The van der Waals surface area contributed by atoms with E-state index in [1.807, 2.05) is 24.3 Å². The van der Waals surface area contributed by atoms with Gasteiger partial charge in [0.15, 0.2) is 10.8 Å². The summed E-state index contributed by atoms with van der Waals surface area (Å²) >= 11 is 0. The normalized spacial score (nSPS) is 24.3. The third-order valence-corrected chi connectivity index (χ3v) is 4.56. The van der Waals surface area contributed by atoms with E-state index < -0.39 is 22.8 Å². The van der Waals surface area contributed by atoms with Crippen molar-refractivity contribution >= 4 is 6.09 Å². The van der Waals surface area contributed by atoms with Crippen molar-refractivity contribution in [2.24, 2.45) is 16.7 Å². The zero-order valence-corrected chi connectivity index (χ0v) is 12.3. The van der Waals surface area contributed by atoms with Gasteiger partial charge in [0.05, 0.1) is 31.4 Å². The van der Waals surface area contributed by atoms with E-state index >= 15 is 0 Å². The summed E-state index contributed by atoms with van der Waals surface area (Å²) in [5.74, 6) is -0.658. The maximum absolute atomic E-state index is 11.9. The van der Waals surface area contributed by atoms with Gasteiger partial charge in [-0.05, 0) is 13.3 Å². The van der Waals surface area contributed by atoms with Gasteiger partial charge in [0.25, 0.3) is 0 Å². The minimum Gasteiger partial charge on any atom is -0.452 e. The molecule has 2 aliphatic rings. The average molecular weight is 295 g/mol. The van der Waals surface area contributed by atoms with Gasteiger partial charge >= 0.3 is 6.09 Å². The van der Waals surface area contributed by atoms with Gasteiger partial charge in [-0.3, -0.25) is 4.90 Å². The molecule has 0 aromatic heterocycles. The Hall–Kier alpha value is -3.03. The highest BCUT2D eigenvalue weighted by Gasteiger charge is 2.65. The van der Waals surface area contributed by atoms with E-state index in [9.17, 15) is 25.8 Å². The number of fused-ring (bicyclic) bond motifs is 1. The highest BCUT2D eigenvalue weighted by atomic mass is 16.5. The molecule has 1 fully saturated rings. The summed E-state index contributed by atoms with van der Waals surface area (Å²) in [7, 11) is 1.26. The Balaban J connectivity index is 2.71. The predicted octanol–water partition coefficient (Wildman–Crippen LogP) is 1.82. The van der Waals surface area contributed by atoms with Gasteiger partial charge in [0, 0.05) is 24.6 Å². The SMILES string of the molecule is COC(=O)N1CC[C@@H]2C1=C(C)CC(C#N)(C#N)C2(C#N)C#N. The first-order valence-electron chi connectivity index (χ1n) is 6.67. The number of hydrogen-bond acceptors (Lipinski definition) is 6. The largest absolute Gasteiger partial charge is 0.452 e. The number of nitriles is 4. The van der Waals surface area contributed by atoms with Crippen LogP contribution < -0.4 is 0 Å². The molecule has 0 radical (unpaired) electrons. The summed E-state index contributed by atoms with van der Waals surface area (Å²) in [5.41, 5.74) is -2.33. The van der Waals surface area contributed by atoms with E-state index in [-0.39, 0.29) is 6.42 Å². The van der Waals surface area contributed by atoms with Gasteiger partial charge in [0.2, 0.25) is 0 Å². The second-order valence-corrected chi connectivity index (χ2v) is 5.47. The third kappa shape index (κ3) is 1.60. The van der Waals surface area contributed by atoms with Crippen LogP contribution >= 0.6 is 0 Å². The second-order valence-electron chi connectivity index (χ2n) is 5.47. The molecule has 22 heavy (non-hydrogen) atoms. The highest BCUT2D eigenvalue weighted by molar-refractivity contribution is 5.71. The van der Waals surface area contributed by atoms with Crippen LogP contribution in [0, 0.1) is 62.1 Å². The van der Waals surface area contributed by atoms with Crippen molar-refractivity contribution < 1.29 is 9.53 Å². The first-order chi connectivity index (χ1) is 10.5. The van der Waals surface area contributed by atoms with Crippen molar-refractivity contribution in [3.63, 3.8) is 0 Å². The Morgan fingerprint density at radius 2 is 1.82 bits per heavy atom. The quantitative estimate of drug-likeness (QED) is 0.671. The number of methoxy groups -OCH3 is 1. The van der Waals surface area contributed by atoms with Crippen molar-refractivity contribution in [3.8, 4) is 24.3 Å². The number of carbonyl (C=O) groups excluding carboxylic acids is 1. The molecule has 110 valence electrons. The monoisotopic (exact) mass is 295 g/mol. The standard InChI is InChI=1S/C15H13N5O2/c1-10-5-14(6-16,7-17)15(8-18,9-19)11-3-4-20(12(10)11)13(21)22-2/h11H,3-5H2,1-2H3/t11-/m1/s1. The zero-order valence-electron chi connectivity index (χ0n) is 12.3. The van der Waals surface area contributed by atoms with Crippen LogP contribution in [-0.4, -0.2) is 24.6 Å². The Labute approximate surface area is 128 Å². The zero-order chi connectivity index (χ0) is 16.5. The number of carbonyl (C=O) groups is 1. The van der Waals surface area contributed by atoms with Crippen LogP contribution in [0.1, 0.15) is 19.8 Å². The summed E-state index contributed by atoms with van der Waals surface area (Å²) in [6.45, 7) is 2.01. The van der Waals surface area contributed by atoms with E-state index in [1.165, 1.54) is 12.0 Å². The number of ether oxygens (including phenoxy) is 1. The predicted molar refractivity (Wildman–Crippen MR) is 71.9 cm³/mol. The number of amides is 1. The van der Waals surface area contributed by atoms with Gasteiger partial charge in [-0.25, -0.2) is 4.79 Å². The van der Waals surface area contributed by atoms with Crippen LogP contribution in [0.5, 0.6) is 0 Å².